The highest BCUT2D eigenvalue weighted by atomic mass is 16.5. The van der Waals surface area contributed by atoms with E-state index in [0.717, 1.165) is 19.4 Å². The van der Waals surface area contributed by atoms with E-state index in [1.807, 2.05) is 0 Å². The molecule has 0 heterocycles. The molecule has 62 valence electrons. The van der Waals surface area contributed by atoms with Gasteiger partial charge in [0.05, 0.1) is 0 Å². The Labute approximate surface area is 63.2 Å². The standard InChI is InChI=1S/C8H18O2/c1-4-8(2,7-9)5-6-10-3/h9H,4-7H2,1-3H3. The molecular formula is C8H18O2. The van der Waals surface area contributed by atoms with Crippen LogP contribution in [-0.4, -0.2) is 25.4 Å². The first kappa shape index (κ1) is 9.92. The molecule has 0 aliphatic carbocycles. The van der Waals surface area contributed by atoms with Crippen molar-refractivity contribution in [3.05, 3.63) is 0 Å². The van der Waals surface area contributed by atoms with Gasteiger partial charge >= 0.3 is 0 Å². The van der Waals surface area contributed by atoms with E-state index in [9.17, 15) is 0 Å². The second-order valence-electron chi connectivity index (χ2n) is 3.07. The maximum absolute atomic E-state index is 8.96. The van der Waals surface area contributed by atoms with Crippen molar-refractivity contribution in [2.75, 3.05) is 20.3 Å². The van der Waals surface area contributed by atoms with Crippen LogP contribution in [0.4, 0.5) is 0 Å². The summed E-state index contributed by atoms with van der Waals surface area (Å²) in [6.45, 7) is 5.16. The molecule has 0 aromatic heterocycles. The van der Waals surface area contributed by atoms with E-state index in [4.69, 9.17) is 9.84 Å². The van der Waals surface area contributed by atoms with Crippen molar-refractivity contribution in [1.82, 2.24) is 0 Å². The highest BCUT2D eigenvalue weighted by Crippen LogP contribution is 2.24. The molecule has 1 atom stereocenters. The molecule has 0 saturated heterocycles. The number of aliphatic hydroxyl groups is 1. The first-order chi connectivity index (χ1) is 4.68. The van der Waals surface area contributed by atoms with Crippen LogP contribution < -0.4 is 0 Å². The molecule has 0 fully saturated rings. The monoisotopic (exact) mass is 146 g/mol. The van der Waals surface area contributed by atoms with Gasteiger partial charge in [-0.1, -0.05) is 13.8 Å². The summed E-state index contributed by atoms with van der Waals surface area (Å²) in [7, 11) is 1.69. The molecule has 2 nitrogen and oxygen atoms in total. The topological polar surface area (TPSA) is 29.5 Å². The molecule has 0 aliphatic heterocycles. The highest BCUT2D eigenvalue weighted by Gasteiger charge is 2.19. The molecule has 0 aromatic carbocycles. The zero-order valence-corrected chi connectivity index (χ0v) is 7.18. The van der Waals surface area contributed by atoms with Gasteiger partial charge in [-0.05, 0) is 18.3 Å². The van der Waals surface area contributed by atoms with Gasteiger partial charge in [0.2, 0.25) is 0 Å². The lowest BCUT2D eigenvalue weighted by atomic mass is 9.85. The van der Waals surface area contributed by atoms with Crippen LogP contribution in [0.2, 0.25) is 0 Å². The smallest absolute Gasteiger partial charge is 0.0485 e. The number of methoxy groups -OCH3 is 1. The molecule has 0 bridgehead atoms. The Bertz CT molecular complexity index is 77.3. The lowest BCUT2D eigenvalue weighted by Gasteiger charge is -2.24. The lowest BCUT2D eigenvalue weighted by molar-refractivity contribution is 0.0858. The number of rotatable bonds is 5. The van der Waals surface area contributed by atoms with Gasteiger partial charge in [-0.25, -0.2) is 0 Å². The molecule has 0 rings (SSSR count). The average Bonchev–Trinajstić information content (AvgIpc) is 2.00. The normalized spacial score (nSPS) is 16.8. The van der Waals surface area contributed by atoms with Crippen LogP contribution in [0, 0.1) is 5.41 Å². The van der Waals surface area contributed by atoms with Crippen molar-refractivity contribution in [3.63, 3.8) is 0 Å². The molecule has 10 heavy (non-hydrogen) atoms. The van der Waals surface area contributed by atoms with Gasteiger partial charge in [-0.2, -0.15) is 0 Å². The van der Waals surface area contributed by atoms with Crippen molar-refractivity contribution in [2.45, 2.75) is 26.7 Å². The molecule has 1 N–H and O–H groups in total. The fourth-order valence-electron chi connectivity index (χ4n) is 0.716. The van der Waals surface area contributed by atoms with Gasteiger partial charge in [0.25, 0.3) is 0 Å². The van der Waals surface area contributed by atoms with Crippen LogP contribution in [0.1, 0.15) is 26.7 Å². The van der Waals surface area contributed by atoms with E-state index in [1.165, 1.54) is 0 Å². The summed E-state index contributed by atoms with van der Waals surface area (Å²) in [6.07, 6.45) is 1.95. The summed E-state index contributed by atoms with van der Waals surface area (Å²) < 4.78 is 4.93. The Hall–Kier alpha value is -0.0800. The summed E-state index contributed by atoms with van der Waals surface area (Å²) in [4.78, 5) is 0. The minimum atomic E-state index is 0.0655. The summed E-state index contributed by atoms with van der Waals surface area (Å²) >= 11 is 0. The van der Waals surface area contributed by atoms with Crippen LogP contribution >= 0.6 is 0 Å². The van der Waals surface area contributed by atoms with Crippen molar-refractivity contribution >= 4 is 0 Å². The van der Waals surface area contributed by atoms with Gasteiger partial charge in [-0.3, -0.25) is 0 Å². The third-order valence-corrected chi connectivity index (χ3v) is 2.15. The predicted molar refractivity (Wildman–Crippen MR) is 42.0 cm³/mol. The Kier molecular flexibility index (Phi) is 4.65. The first-order valence-corrected chi connectivity index (χ1v) is 3.78. The molecule has 0 radical (unpaired) electrons. The second kappa shape index (κ2) is 4.69. The van der Waals surface area contributed by atoms with Gasteiger partial charge < -0.3 is 9.84 Å². The summed E-state index contributed by atoms with van der Waals surface area (Å²) in [5, 5.41) is 8.96. The third kappa shape index (κ3) is 3.18. The summed E-state index contributed by atoms with van der Waals surface area (Å²) in [5.41, 5.74) is 0.0655. The molecular weight excluding hydrogens is 128 g/mol. The minimum absolute atomic E-state index is 0.0655. The van der Waals surface area contributed by atoms with Crippen molar-refractivity contribution in [1.29, 1.82) is 0 Å². The van der Waals surface area contributed by atoms with Gasteiger partial charge in [0, 0.05) is 20.3 Å². The number of hydrogen-bond acceptors (Lipinski definition) is 2. The molecule has 0 aliphatic rings. The zero-order chi connectivity index (χ0) is 8.04. The quantitative estimate of drug-likeness (QED) is 0.635. The Morgan fingerprint density at radius 3 is 2.40 bits per heavy atom. The Morgan fingerprint density at radius 1 is 1.50 bits per heavy atom. The van der Waals surface area contributed by atoms with Crippen LogP contribution in [0.3, 0.4) is 0 Å². The van der Waals surface area contributed by atoms with Crippen molar-refractivity contribution < 1.29 is 9.84 Å². The molecule has 0 amide bonds. The van der Waals surface area contributed by atoms with E-state index in [2.05, 4.69) is 13.8 Å². The van der Waals surface area contributed by atoms with Crippen LogP contribution in [0.25, 0.3) is 0 Å². The highest BCUT2D eigenvalue weighted by molar-refractivity contribution is 4.70. The van der Waals surface area contributed by atoms with E-state index in [1.54, 1.807) is 7.11 Å². The number of aliphatic hydroxyl groups excluding tert-OH is 1. The Morgan fingerprint density at radius 2 is 2.10 bits per heavy atom. The maximum atomic E-state index is 8.96. The molecule has 1 unspecified atom stereocenters. The minimum Gasteiger partial charge on any atom is -0.396 e. The molecule has 0 saturated carbocycles. The fourth-order valence-corrected chi connectivity index (χ4v) is 0.716. The lowest BCUT2D eigenvalue weighted by Crippen LogP contribution is -2.21. The average molecular weight is 146 g/mol. The molecule has 2 heteroatoms. The van der Waals surface area contributed by atoms with Crippen LogP contribution in [-0.2, 0) is 4.74 Å². The van der Waals surface area contributed by atoms with E-state index in [-0.39, 0.29) is 12.0 Å². The summed E-state index contributed by atoms with van der Waals surface area (Å²) in [6, 6.07) is 0. The van der Waals surface area contributed by atoms with Crippen LogP contribution in [0.5, 0.6) is 0 Å². The van der Waals surface area contributed by atoms with Gasteiger partial charge in [0.15, 0.2) is 0 Å². The summed E-state index contributed by atoms with van der Waals surface area (Å²) in [5.74, 6) is 0. The van der Waals surface area contributed by atoms with Crippen molar-refractivity contribution in [2.24, 2.45) is 5.41 Å². The predicted octanol–water partition coefficient (Wildman–Crippen LogP) is 1.43. The number of hydrogen-bond donors (Lipinski definition) is 1. The van der Waals surface area contributed by atoms with E-state index >= 15 is 0 Å². The van der Waals surface area contributed by atoms with Crippen LogP contribution in [0.15, 0.2) is 0 Å². The zero-order valence-electron chi connectivity index (χ0n) is 7.18. The first-order valence-electron chi connectivity index (χ1n) is 3.78. The second-order valence-corrected chi connectivity index (χ2v) is 3.07. The third-order valence-electron chi connectivity index (χ3n) is 2.15. The van der Waals surface area contributed by atoms with E-state index < -0.39 is 0 Å². The Balaban J connectivity index is 3.58. The van der Waals surface area contributed by atoms with Crippen molar-refractivity contribution in [3.8, 4) is 0 Å². The number of ether oxygens (including phenoxy) is 1. The molecule has 0 aromatic rings. The fraction of sp³-hybridized carbons (Fsp3) is 1.00. The largest absolute Gasteiger partial charge is 0.396 e. The SMILES string of the molecule is CCC(C)(CO)CCOC. The maximum Gasteiger partial charge on any atom is 0.0485 e. The molecule has 0 spiro atoms. The van der Waals surface area contributed by atoms with Gasteiger partial charge in [0.1, 0.15) is 0 Å². The van der Waals surface area contributed by atoms with Gasteiger partial charge in [-0.15, -0.1) is 0 Å². The van der Waals surface area contributed by atoms with E-state index in [0.29, 0.717) is 0 Å².